The van der Waals surface area contributed by atoms with Crippen LogP contribution in [0.2, 0.25) is 0 Å². The Hall–Kier alpha value is -0.580. The zero-order chi connectivity index (χ0) is 10.8. The molecule has 2 rings (SSSR count). The first-order valence-electron chi connectivity index (χ1n) is 4.96. The van der Waals surface area contributed by atoms with Crippen molar-refractivity contribution in [1.29, 1.82) is 0 Å². The lowest BCUT2D eigenvalue weighted by Gasteiger charge is -2.26. The Balaban J connectivity index is 2.20. The van der Waals surface area contributed by atoms with E-state index in [0.29, 0.717) is 5.25 Å². The molecular weight excluding hydrogens is 213 g/mol. The van der Waals surface area contributed by atoms with E-state index in [0.717, 1.165) is 23.7 Å². The van der Waals surface area contributed by atoms with E-state index in [1.54, 1.807) is 17.8 Å². The molecule has 4 heteroatoms. The molecule has 0 aromatic heterocycles. The van der Waals surface area contributed by atoms with Gasteiger partial charge in [0.05, 0.1) is 18.5 Å². The second-order valence-corrected chi connectivity index (χ2v) is 5.09. The second-order valence-electron chi connectivity index (χ2n) is 3.75. The number of benzene rings is 1. The molecule has 82 valence electrons. The van der Waals surface area contributed by atoms with Crippen molar-refractivity contribution in [1.82, 2.24) is 0 Å². The zero-order valence-electron chi connectivity index (χ0n) is 8.57. The number of thioether (sulfide) groups is 1. The minimum atomic E-state index is -0.225. The quantitative estimate of drug-likeness (QED) is 0.860. The summed E-state index contributed by atoms with van der Waals surface area (Å²) < 4.78 is 18.2. The van der Waals surface area contributed by atoms with Gasteiger partial charge >= 0.3 is 0 Å². The van der Waals surface area contributed by atoms with E-state index in [9.17, 15) is 4.39 Å². The molecule has 1 aromatic rings. The van der Waals surface area contributed by atoms with E-state index < -0.39 is 0 Å². The monoisotopic (exact) mass is 227 g/mol. The Labute approximate surface area is 93.0 Å². The lowest BCUT2D eigenvalue weighted by Crippen LogP contribution is -2.30. The van der Waals surface area contributed by atoms with Crippen molar-refractivity contribution in [2.24, 2.45) is 5.73 Å². The van der Waals surface area contributed by atoms with E-state index >= 15 is 0 Å². The zero-order valence-corrected chi connectivity index (χ0v) is 9.39. The van der Waals surface area contributed by atoms with Crippen LogP contribution in [0.15, 0.2) is 23.1 Å². The second kappa shape index (κ2) is 4.51. The molecule has 1 aliphatic heterocycles. The fraction of sp³-hybridized carbons (Fsp3) is 0.455. The van der Waals surface area contributed by atoms with E-state index in [-0.39, 0.29) is 11.9 Å². The molecule has 15 heavy (non-hydrogen) atoms. The molecule has 1 aliphatic rings. The van der Waals surface area contributed by atoms with Crippen molar-refractivity contribution in [3.05, 3.63) is 29.6 Å². The van der Waals surface area contributed by atoms with Crippen LogP contribution in [0.3, 0.4) is 0 Å². The molecule has 1 unspecified atom stereocenters. The first-order valence-corrected chi connectivity index (χ1v) is 5.84. The average Bonchev–Trinajstić information content (AvgIpc) is 2.12. The maximum atomic E-state index is 13.1. The number of hydrogen-bond donors (Lipinski definition) is 1. The van der Waals surface area contributed by atoms with Gasteiger partial charge in [0.2, 0.25) is 0 Å². The van der Waals surface area contributed by atoms with Crippen LogP contribution in [-0.4, -0.2) is 18.5 Å². The molecule has 0 aliphatic carbocycles. The first-order chi connectivity index (χ1) is 7.16. The van der Waals surface area contributed by atoms with Crippen molar-refractivity contribution >= 4 is 11.8 Å². The van der Waals surface area contributed by atoms with Gasteiger partial charge in [0.1, 0.15) is 5.82 Å². The largest absolute Gasteiger partial charge is 0.379 e. The third-order valence-corrected chi connectivity index (χ3v) is 3.59. The normalized spacial score (nSPS) is 18.6. The van der Waals surface area contributed by atoms with Gasteiger partial charge in [-0.15, -0.1) is 11.8 Å². The van der Waals surface area contributed by atoms with Crippen molar-refractivity contribution in [3.8, 4) is 0 Å². The number of rotatable bonds is 3. The standard InChI is InChI=1S/C11H14FNOS/c1-7(13)10-4-8(12)2-3-11(10)15-9-5-14-6-9/h2-4,7,9H,5-6,13H2,1H3. The highest BCUT2D eigenvalue weighted by Crippen LogP contribution is 2.33. The maximum absolute atomic E-state index is 13.1. The van der Waals surface area contributed by atoms with Crippen LogP contribution < -0.4 is 5.73 Å². The minimum Gasteiger partial charge on any atom is -0.379 e. The summed E-state index contributed by atoms with van der Waals surface area (Å²) in [7, 11) is 0. The van der Waals surface area contributed by atoms with Gasteiger partial charge in [0, 0.05) is 10.9 Å². The Bertz CT molecular complexity index is 352. The summed E-state index contributed by atoms with van der Waals surface area (Å²) in [5.74, 6) is -0.225. The molecule has 1 fully saturated rings. The van der Waals surface area contributed by atoms with Crippen LogP contribution in [0.1, 0.15) is 18.5 Å². The topological polar surface area (TPSA) is 35.2 Å². The molecule has 1 atom stereocenters. The number of hydrogen-bond acceptors (Lipinski definition) is 3. The third-order valence-electron chi connectivity index (χ3n) is 2.36. The van der Waals surface area contributed by atoms with Crippen LogP contribution >= 0.6 is 11.8 Å². The van der Waals surface area contributed by atoms with Gasteiger partial charge in [0.25, 0.3) is 0 Å². The van der Waals surface area contributed by atoms with E-state index in [4.69, 9.17) is 10.5 Å². The lowest BCUT2D eigenvalue weighted by atomic mass is 10.1. The highest BCUT2D eigenvalue weighted by atomic mass is 32.2. The molecule has 0 radical (unpaired) electrons. The Morgan fingerprint density at radius 1 is 1.53 bits per heavy atom. The molecule has 0 spiro atoms. The number of ether oxygens (including phenoxy) is 1. The van der Waals surface area contributed by atoms with Gasteiger partial charge < -0.3 is 10.5 Å². The van der Waals surface area contributed by atoms with Gasteiger partial charge in [-0.05, 0) is 30.7 Å². The van der Waals surface area contributed by atoms with Crippen LogP contribution in [0, 0.1) is 5.82 Å². The van der Waals surface area contributed by atoms with Gasteiger partial charge in [-0.1, -0.05) is 0 Å². The Morgan fingerprint density at radius 2 is 2.27 bits per heavy atom. The smallest absolute Gasteiger partial charge is 0.123 e. The summed E-state index contributed by atoms with van der Waals surface area (Å²) in [4.78, 5) is 1.07. The Morgan fingerprint density at radius 3 is 2.80 bits per heavy atom. The molecule has 1 aromatic carbocycles. The fourth-order valence-corrected chi connectivity index (χ4v) is 2.66. The molecule has 1 heterocycles. The predicted molar refractivity (Wildman–Crippen MR) is 59.5 cm³/mol. The van der Waals surface area contributed by atoms with Crippen LogP contribution in [-0.2, 0) is 4.74 Å². The number of halogens is 1. The van der Waals surface area contributed by atoms with Crippen LogP contribution in [0.25, 0.3) is 0 Å². The van der Waals surface area contributed by atoms with E-state index in [2.05, 4.69) is 0 Å². The molecular formula is C11H14FNOS. The minimum absolute atomic E-state index is 0.135. The highest BCUT2D eigenvalue weighted by Gasteiger charge is 2.21. The summed E-state index contributed by atoms with van der Waals surface area (Å²) >= 11 is 1.72. The molecule has 0 saturated carbocycles. The Kier molecular flexibility index (Phi) is 3.29. The summed E-state index contributed by atoms with van der Waals surface area (Å²) in [5.41, 5.74) is 6.69. The summed E-state index contributed by atoms with van der Waals surface area (Å²) in [6.45, 7) is 3.43. The van der Waals surface area contributed by atoms with Crippen molar-refractivity contribution < 1.29 is 9.13 Å². The highest BCUT2D eigenvalue weighted by molar-refractivity contribution is 8.00. The summed E-state index contributed by atoms with van der Waals surface area (Å²) in [6, 6.07) is 4.67. The molecule has 0 amide bonds. The van der Waals surface area contributed by atoms with Crippen LogP contribution in [0.4, 0.5) is 4.39 Å². The predicted octanol–water partition coefficient (Wildman–Crippen LogP) is 2.34. The van der Waals surface area contributed by atoms with Crippen molar-refractivity contribution in [3.63, 3.8) is 0 Å². The SMILES string of the molecule is CC(N)c1cc(F)ccc1SC1COC1. The summed E-state index contributed by atoms with van der Waals surface area (Å²) in [5, 5.41) is 0.493. The third kappa shape index (κ3) is 2.51. The molecule has 0 bridgehead atoms. The van der Waals surface area contributed by atoms with Gasteiger partial charge in [-0.3, -0.25) is 0 Å². The van der Waals surface area contributed by atoms with Gasteiger partial charge in [0.15, 0.2) is 0 Å². The first kappa shape index (κ1) is 10.9. The van der Waals surface area contributed by atoms with E-state index in [1.807, 2.05) is 6.92 Å². The summed E-state index contributed by atoms with van der Waals surface area (Å²) in [6.07, 6.45) is 0. The maximum Gasteiger partial charge on any atom is 0.123 e. The van der Waals surface area contributed by atoms with Crippen LogP contribution in [0.5, 0.6) is 0 Å². The van der Waals surface area contributed by atoms with E-state index in [1.165, 1.54) is 12.1 Å². The fourth-order valence-electron chi connectivity index (χ4n) is 1.44. The average molecular weight is 227 g/mol. The molecule has 2 nitrogen and oxygen atoms in total. The number of nitrogens with two attached hydrogens (primary N) is 1. The lowest BCUT2D eigenvalue weighted by molar-refractivity contribution is 0.0455. The van der Waals surface area contributed by atoms with Crippen molar-refractivity contribution in [2.45, 2.75) is 23.1 Å². The van der Waals surface area contributed by atoms with Gasteiger partial charge in [-0.2, -0.15) is 0 Å². The molecule has 1 saturated heterocycles. The van der Waals surface area contributed by atoms with Crippen molar-refractivity contribution in [2.75, 3.05) is 13.2 Å². The molecule has 2 N–H and O–H groups in total. The van der Waals surface area contributed by atoms with Gasteiger partial charge in [-0.25, -0.2) is 4.39 Å².